The van der Waals surface area contributed by atoms with Crippen LogP contribution in [0.15, 0.2) is 47.0 Å². The van der Waals surface area contributed by atoms with E-state index in [-0.39, 0.29) is 36.2 Å². The smallest absolute Gasteiger partial charge is 0.416 e. The number of ether oxygens (including phenoxy) is 2. The Kier molecular flexibility index (Phi) is 5.30. The molecule has 1 amide bonds. The van der Waals surface area contributed by atoms with Gasteiger partial charge < -0.3 is 18.9 Å². The maximum absolute atomic E-state index is 13.0. The molecule has 7 nitrogen and oxygen atoms in total. The van der Waals surface area contributed by atoms with Crippen LogP contribution < -0.4 is 14.4 Å². The first kappa shape index (κ1) is 20.7. The number of halogens is 3. The van der Waals surface area contributed by atoms with Crippen LogP contribution >= 0.6 is 0 Å². The molecular weight excluding hydrogens is 415 g/mol. The van der Waals surface area contributed by atoms with Crippen LogP contribution in [-0.2, 0) is 11.0 Å². The van der Waals surface area contributed by atoms with E-state index in [1.807, 2.05) is 0 Å². The summed E-state index contributed by atoms with van der Waals surface area (Å²) in [7, 11) is 3.02. The Morgan fingerprint density at radius 3 is 2.65 bits per heavy atom. The van der Waals surface area contributed by atoms with Crippen LogP contribution in [-0.4, -0.2) is 36.8 Å². The highest BCUT2D eigenvalue weighted by molar-refractivity contribution is 5.98. The predicted molar refractivity (Wildman–Crippen MR) is 104 cm³/mol. The molecular formula is C21H18F3N3O4. The Morgan fingerprint density at radius 1 is 1.13 bits per heavy atom. The van der Waals surface area contributed by atoms with E-state index in [2.05, 4.69) is 10.1 Å². The molecule has 31 heavy (non-hydrogen) atoms. The van der Waals surface area contributed by atoms with Gasteiger partial charge >= 0.3 is 6.18 Å². The average Bonchev–Trinajstić information content (AvgIpc) is 3.39. The van der Waals surface area contributed by atoms with E-state index in [4.69, 9.17) is 14.0 Å². The first-order valence-electron chi connectivity index (χ1n) is 9.33. The molecule has 162 valence electrons. The summed E-state index contributed by atoms with van der Waals surface area (Å²) in [4.78, 5) is 18.5. The Balaban J connectivity index is 1.58. The first-order chi connectivity index (χ1) is 14.8. The largest absolute Gasteiger partial charge is 0.497 e. The number of hydrogen-bond acceptors (Lipinski definition) is 6. The van der Waals surface area contributed by atoms with Crippen LogP contribution in [0.1, 0.15) is 23.8 Å². The minimum absolute atomic E-state index is 0.0333. The van der Waals surface area contributed by atoms with E-state index in [0.717, 1.165) is 12.1 Å². The van der Waals surface area contributed by atoms with E-state index in [1.54, 1.807) is 23.1 Å². The number of anilines is 1. The van der Waals surface area contributed by atoms with Crippen LogP contribution in [0.4, 0.5) is 18.9 Å². The van der Waals surface area contributed by atoms with Crippen LogP contribution in [0.5, 0.6) is 11.5 Å². The van der Waals surface area contributed by atoms with E-state index in [0.29, 0.717) is 17.2 Å². The van der Waals surface area contributed by atoms with Crippen molar-refractivity contribution in [2.75, 3.05) is 25.7 Å². The normalized spacial score (nSPS) is 16.6. The lowest BCUT2D eigenvalue weighted by atomic mass is 10.1. The number of methoxy groups -OCH3 is 2. The Morgan fingerprint density at radius 2 is 1.94 bits per heavy atom. The standard InChI is InChI=1S/C21H18F3N3O4/c1-29-15-6-7-17(30-2)16(10-15)27-11-13(9-18(27)28)20-25-19(26-31-20)12-4-3-5-14(8-12)21(22,23)24/h3-8,10,13H,9,11H2,1-2H3. The van der Waals surface area contributed by atoms with Crippen molar-refractivity contribution in [3.8, 4) is 22.9 Å². The van der Waals surface area contributed by atoms with Gasteiger partial charge in [-0.25, -0.2) is 0 Å². The number of carbonyl (C=O) groups is 1. The molecule has 4 rings (SSSR count). The fourth-order valence-corrected chi connectivity index (χ4v) is 3.47. The molecule has 0 aliphatic carbocycles. The molecule has 10 heteroatoms. The number of amides is 1. The Labute approximate surface area is 175 Å². The number of rotatable bonds is 5. The molecule has 1 atom stereocenters. The molecule has 0 bridgehead atoms. The second kappa shape index (κ2) is 7.93. The highest BCUT2D eigenvalue weighted by Crippen LogP contribution is 2.39. The summed E-state index contributed by atoms with van der Waals surface area (Å²) in [6.45, 7) is 0.257. The second-order valence-corrected chi connectivity index (χ2v) is 6.98. The third kappa shape index (κ3) is 4.05. The van der Waals surface area contributed by atoms with Crippen LogP contribution in [0.2, 0.25) is 0 Å². The van der Waals surface area contributed by atoms with Gasteiger partial charge in [-0.1, -0.05) is 17.3 Å². The molecule has 1 fully saturated rings. The monoisotopic (exact) mass is 433 g/mol. The van der Waals surface area contributed by atoms with Gasteiger partial charge in [-0.15, -0.1) is 0 Å². The lowest BCUT2D eigenvalue weighted by Crippen LogP contribution is -2.24. The molecule has 2 aromatic carbocycles. The Bertz CT molecular complexity index is 1110. The highest BCUT2D eigenvalue weighted by atomic mass is 19.4. The zero-order valence-electron chi connectivity index (χ0n) is 16.6. The van der Waals surface area contributed by atoms with Gasteiger partial charge in [0.25, 0.3) is 0 Å². The molecule has 1 aliphatic rings. The van der Waals surface area contributed by atoms with Gasteiger partial charge in [0.2, 0.25) is 17.6 Å². The fourth-order valence-electron chi connectivity index (χ4n) is 3.47. The van der Waals surface area contributed by atoms with E-state index >= 15 is 0 Å². The van der Waals surface area contributed by atoms with Crippen molar-refractivity contribution in [1.82, 2.24) is 10.1 Å². The zero-order chi connectivity index (χ0) is 22.2. The highest BCUT2D eigenvalue weighted by Gasteiger charge is 2.37. The fraction of sp³-hybridized carbons (Fsp3) is 0.286. The molecule has 1 aromatic heterocycles. The summed E-state index contributed by atoms with van der Waals surface area (Å²) >= 11 is 0. The van der Waals surface area contributed by atoms with Crippen molar-refractivity contribution >= 4 is 11.6 Å². The lowest BCUT2D eigenvalue weighted by Gasteiger charge is -2.20. The topological polar surface area (TPSA) is 77.7 Å². The predicted octanol–water partition coefficient (Wildman–Crippen LogP) is 4.29. The number of nitrogens with zero attached hydrogens (tertiary/aromatic N) is 3. The first-order valence-corrected chi connectivity index (χ1v) is 9.33. The third-order valence-corrected chi connectivity index (χ3v) is 5.04. The average molecular weight is 433 g/mol. The van der Waals surface area contributed by atoms with Gasteiger partial charge in [-0.2, -0.15) is 18.2 Å². The van der Waals surface area contributed by atoms with Crippen LogP contribution in [0.25, 0.3) is 11.4 Å². The maximum atomic E-state index is 13.0. The van der Waals surface area contributed by atoms with Gasteiger partial charge in [0.1, 0.15) is 11.5 Å². The SMILES string of the molecule is COc1ccc(OC)c(N2CC(c3nc(-c4cccc(C(F)(F)F)c4)no3)CC2=O)c1. The summed E-state index contributed by atoms with van der Waals surface area (Å²) < 4.78 is 54.8. The minimum atomic E-state index is -4.48. The summed E-state index contributed by atoms with van der Waals surface area (Å²) in [5.74, 6) is 0.712. The van der Waals surface area contributed by atoms with Gasteiger partial charge in [-0.05, 0) is 24.3 Å². The summed E-state index contributed by atoms with van der Waals surface area (Å²) in [5.41, 5.74) is -0.0730. The van der Waals surface area contributed by atoms with Crippen LogP contribution in [0, 0.1) is 0 Å². The van der Waals surface area contributed by atoms with E-state index in [1.165, 1.54) is 26.4 Å². The van der Waals surface area contributed by atoms with Crippen molar-refractivity contribution in [2.45, 2.75) is 18.5 Å². The maximum Gasteiger partial charge on any atom is 0.416 e. The third-order valence-electron chi connectivity index (χ3n) is 5.04. The van der Waals surface area contributed by atoms with Crippen LogP contribution in [0.3, 0.4) is 0 Å². The van der Waals surface area contributed by atoms with Gasteiger partial charge in [-0.3, -0.25) is 4.79 Å². The van der Waals surface area contributed by atoms with E-state index < -0.39 is 17.7 Å². The molecule has 3 aromatic rings. The molecule has 0 radical (unpaired) electrons. The minimum Gasteiger partial charge on any atom is -0.497 e. The summed E-state index contributed by atoms with van der Waals surface area (Å²) in [6, 6.07) is 9.80. The van der Waals surface area contributed by atoms with Crippen molar-refractivity contribution in [1.29, 1.82) is 0 Å². The van der Waals surface area contributed by atoms with Gasteiger partial charge in [0.15, 0.2) is 0 Å². The molecule has 1 unspecified atom stereocenters. The number of aromatic nitrogens is 2. The number of benzene rings is 2. The Hall–Kier alpha value is -3.56. The molecule has 0 saturated carbocycles. The zero-order valence-corrected chi connectivity index (χ0v) is 16.6. The van der Waals surface area contributed by atoms with Crippen molar-refractivity contribution in [3.05, 3.63) is 53.9 Å². The van der Waals surface area contributed by atoms with Gasteiger partial charge in [0, 0.05) is 24.6 Å². The number of hydrogen-bond donors (Lipinski definition) is 0. The molecule has 1 saturated heterocycles. The summed E-state index contributed by atoms with van der Waals surface area (Å²) in [5, 5.41) is 3.81. The second-order valence-electron chi connectivity index (χ2n) is 6.98. The van der Waals surface area contributed by atoms with Crippen molar-refractivity contribution < 1.29 is 32.0 Å². The molecule has 1 aliphatic heterocycles. The number of alkyl halides is 3. The lowest BCUT2D eigenvalue weighted by molar-refractivity contribution is -0.137. The van der Waals surface area contributed by atoms with Crippen molar-refractivity contribution in [2.24, 2.45) is 0 Å². The summed E-state index contributed by atoms with van der Waals surface area (Å²) in [6.07, 6.45) is -4.36. The van der Waals surface area contributed by atoms with E-state index in [9.17, 15) is 18.0 Å². The quantitative estimate of drug-likeness (QED) is 0.597. The molecule has 0 N–H and O–H groups in total. The molecule has 0 spiro atoms. The van der Waals surface area contributed by atoms with Gasteiger partial charge in [0.05, 0.1) is 31.4 Å². The molecule has 2 heterocycles. The number of carbonyl (C=O) groups excluding carboxylic acids is 1. The van der Waals surface area contributed by atoms with Crippen molar-refractivity contribution in [3.63, 3.8) is 0 Å².